The Morgan fingerprint density at radius 3 is 2.92 bits per heavy atom. The minimum absolute atomic E-state index is 0.110. The highest BCUT2D eigenvalue weighted by molar-refractivity contribution is 5.83. The highest BCUT2D eigenvalue weighted by Gasteiger charge is 2.44. The number of carbonyl (C=O) groups is 1. The van der Waals surface area contributed by atoms with Crippen LogP contribution in [0.2, 0.25) is 0 Å². The number of rotatable bonds is 1. The van der Waals surface area contributed by atoms with Gasteiger partial charge in [-0.15, -0.1) is 0 Å². The van der Waals surface area contributed by atoms with Crippen LogP contribution in [0.15, 0.2) is 0 Å². The Kier molecular flexibility index (Phi) is 1.79. The monoisotopic (exact) mass is 172 g/mol. The number of hydrogen-bond donors (Lipinski definition) is 3. The first-order chi connectivity index (χ1) is 5.76. The van der Waals surface area contributed by atoms with Crippen LogP contribution in [-0.2, 0) is 9.53 Å². The molecule has 5 heteroatoms. The Bertz CT molecular complexity index is 203. The number of nitrogens with one attached hydrogen (secondary N) is 2. The van der Waals surface area contributed by atoms with Gasteiger partial charge in [0.15, 0.2) is 0 Å². The molecule has 1 atom stereocenters. The number of amides is 1. The molecular formula is C7H12N2O3. The van der Waals surface area contributed by atoms with E-state index in [9.17, 15) is 4.79 Å². The van der Waals surface area contributed by atoms with Gasteiger partial charge in [-0.1, -0.05) is 0 Å². The highest BCUT2D eigenvalue weighted by atomic mass is 16.5. The molecule has 2 saturated heterocycles. The number of hydrogen-bond acceptors (Lipinski definition) is 4. The van der Waals surface area contributed by atoms with Gasteiger partial charge in [-0.05, 0) is 0 Å². The van der Waals surface area contributed by atoms with E-state index in [-0.39, 0.29) is 18.1 Å². The van der Waals surface area contributed by atoms with E-state index in [4.69, 9.17) is 9.84 Å². The summed E-state index contributed by atoms with van der Waals surface area (Å²) in [6.45, 7) is 1.67. The predicted molar refractivity (Wildman–Crippen MR) is 40.6 cm³/mol. The van der Waals surface area contributed by atoms with Crippen molar-refractivity contribution in [2.75, 3.05) is 26.4 Å². The molecule has 0 radical (unpaired) electrons. The van der Waals surface area contributed by atoms with Crippen LogP contribution in [0.4, 0.5) is 0 Å². The fourth-order valence-electron chi connectivity index (χ4n) is 1.53. The normalized spacial score (nSPS) is 32.8. The summed E-state index contributed by atoms with van der Waals surface area (Å²) < 4.78 is 5.05. The zero-order chi connectivity index (χ0) is 8.60. The average molecular weight is 172 g/mol. The Hall–Kier alpha value is -0.650. The summed E-state index contributed by atoms with van der Waals surface area (Å²) >= 11 is 0. The second-order valence-electron chi connectivity index (χ2n) is 3.37. The smallest absolute Gasteiger partial charge is 0.239 e. The van der Waals surface area contributed by atoms with E-state index in [1.54, 1.807) is 0 Å². The quantitative estimate of drug-likeness (QED) is 0.421. The lowest BCUT2D eigenvalue weighted by Crippen LogP contribution is -2.74. The molecule has 0 aromatic heterocycles. The van der Waals surface area contributed by atoms with Crippen molar-refractivity contribution in [3.05, 3.63) is 0 Å². The van der Waals surface area contributed by atoms with Gasteiger partial charge < -0.3 is 15.2 Å². The van der Waals surface area contributed by atoms with Crippen molar-refractivity contribution in [1.82, 2.24) is 10.6 Å². The zero-order valence-electron chi connectivity index (χ0n) is 6.67. The van der Waals surface area contributed by atoms with Crippen molar-refractivity contribution >= 4 is 5.91 Å². The van der Waals surface area contributed by atoms with Gasteiger partial charge in [0.1, 0.15) is 6.04 Å². The van der Waals surface area contributed by atoms with Gasteiger partial charge in [0.2, 0.25) is 5.91 Å². The van der Waals surface area contributed by atoms with Gasteiger partial charge in [-0.3, -0.25) is 10.1 Å². The van der Waals surface area contributed by atoms with Crippen LogP contribution in [-0.4, -0.2) is 49.0 Å². The van der Waals surface area contributed by atoms with E-state index in [0.29, 0.717) is 19.8 Å². The fraction of sp³-hybridized carbons (Fsp3) is 0.857. The third-order valence-electron chi connectivity index (χ3n) is 2.34. The number of carbonyl (C=O) groups excluding carboxylic acids is 1. The van der Waals surface area contributed by atoms with Crippen LogP contribution < -0.4 is 10.6 Å². The van der Waals surface area contributed by atoms with E-state index in [1.165, 1.54) is 0 Å². The first kappa shape index (κ1) is 7.97. The van der Waals surface area contributed by atoms with Crippen molar-refractivity contribution < 1.29 is 14.6 Å². The molecule has 0 unspecified atom stereocenters. The summed E-state index contributed by atoms with van der Waals surface area (Å²) in [6.07, 6.45) is 0. The average Bonchev–Trinajstić information content (AvgIpc) is 2.03. The molecule has 2 fully saturated rings. The van der Waals surface area contributed by atoms with E-state index < -0.39 is 6.04 Å². The molecule has 0 aromatic carbocycles. The van der Waals surface area contributed by atoms with Crippen LogP contribution in [0.25, 0.3) is 0 Å². The molecule has 2 heterocycles. The van der Waals surface area contributed by atoms with Crippen molar-refractivity contribution in [1.29, 1.82) is 0 Å². The molecule has 2 aliphatic rings. The SMILES string of the molecule is O=C1NCC2(COC2)N[C@@H]1CO. The first-order valence-electron chi connectivity index (χ1n) is 4.00. The largest absolute Gasteiger partial charge is 0.394 e. The molecule has 0 aromatic rings. The van der Waals surface area contributed by atoms with Gasteiger partial charge >= 0.3 is 0 Å². The number of aliphatic hydroxyl groups is 1. The molecule has 2 rings (SSSR count). The van der Waals surface area contributed by atoms with Crippen LogP contribution in [0.3, 0.4) is 0 Å². The molecule has 1 amide bonds. The lowest BCUT2D eigenvalue weighted by molar-refractivity contribution is -0.137. The highest BCUT2D eigenvalue weighted by Crippen LogP contribution is 2.19. The van der Waals surface area contributed by atoms with E-state index in [0.717, 1.165) is 0 Å². The van der Waals surface area contributed by atoms with E-state index in [1.807, 2.05) is 0 Å². The molecule has 0 saturated carbocycles. The first-order valence-corrected chi connectivity index (χ1v) is 4.00. The number of ether oxygens (including phenoxy) is 1. The molecule has 12 heavy (non-hydrogen) atoms. The van der Waals surface area contributed by atoms with Crippen molar-refractivity contribution in [2.24, 2.45) is 0 Å². The summed E-state index contributed by atoms with van der Waals surface area (Å²) in [4.78, 5) is 11.1. The van der Waals surface area contributed by atoms with Gasteiger partial charge in [-0.25, -0.2) is 0 Å². The predicted octanol–water partition coefficient (Wildman–Crippen LogP) is -2.16. The summed E-state index contributed by atoms with van der Waals surface area (Å²) in [5.74, 6) is -0.130. The van der Waals surface area contributed by atoms with Crippen LogP contribution in [0.5, 0.6) is 0 Å². The lowest BCUT2D eigenvalue weighted by atomic mass is 9.93. The van der Waals surface area contributed by atoms with Crippen molar-refractivity contribution in [3.63, 3.8) is 0 Å². The summed E-state index contributed by atoms with van der Waals surface area (Å²) in [7, 11) is 0. The third-order valence-corrected chi connectivity index (χ3v) is 2.34. The Morgan fingerprint density at radius 2 is 2.42 bits per heavy atom. The maximum absolute atomic E-state index is 11.1. The van der Waals surface area contributed by atoms with E-state index >= 15 is 0 Å². The molecule has 1 spiro atoms. The summed E-state index contributed by atoms with van der Waals surface area (Å²) in [5, 5.41) is 14.7. The minimum Gasteiger partial charge on any atom is -0.394 e. The second-order valence-corrected chi connectivity index (χ2v) is 3.37. The van der Waals surface area contributed by atoms with Crippen molar-refractivity contribution in [2.45, 2.75) is 11.6 Å². The minimum atomic E-state index is -0.470. The third kappa shape index (κ3) is 1.10. The molecule has 3 N–H and O–H groups in total. The molecule has 0 aliphatic carbocycles. The van der Waals surface area contributed by atoms with Gasteiger partial charge in [0.25, 0.3) is 0 Å². The standard InChI is InChI=1S/C7H12N2O3/c10-1-5-6(11)8-2-7(9-5)3-12-4-7/h5,9-10H,1-4H2,(H,8,11)/t5-/m1/s1. The van der Waals surface area contributed by atoms with E-state index in [2.05, 4.69) is 10.6 Å². The summed E-state index contributed by atoms with van der Waals surface area (Å²) in [5.41, 5.74) is -0.110. The van der Waals surface area contributed by atoms with Crippen molar-refractivity contribution in [3.8, 4) is 0 Å². The molecule has 2 aliphatic heterocycles. The van der Waals surface area contributed by atoms with Crippen LogP contribution in [0, 0.1) is 0 Å². The number of aliphatic hydroxyl groups excluding tert-OH is 1. The van der Waals surface area contributed by atoms with Gasteiger partial charge in [0, 0.05) is 6.54 Å². The second kappa shape index (κ2) is 2.69. The lowest BCUT2D eigenvalue weighted by Gasteiger charge is -2.47. The molecule has 68 valence electrons. The molecule has 0 bridgehead atoms. The molecule has 5 nitrogen and oxygen atoms in total. The van der Waals surface area contributed by atoms with Crippen LogP contribution in [0.1, 0.15) is 0 Å². The Morgan fingerprint density at radius 1 is 1.67 bits per heavy atom. The Labute approximate surface area is 70.1 Å². The van der Waals surface area contributed by atoms with Gasteiger partial charge in [0.05, 0.1) is 25.4 Å². The van der Waals surface area contributed by atoms with Gasteiger partial charge in [-0.2, -0.15) is 0 Å². The molecular weight excluding hydrogens is 160 g/mol. The maximum atomic E-state index is 11.1. The maximum Gasteiger partial charge on any atom is 0.239 e. The topological polar surface area (TPSA) is 70.6 Å². The number of piperazine rings is 1. The van der Waals surface area contributed by atoms with Crippen LogP contribution >= 0.6 is 0 Å². The summed E-state index contributed by atoms with van der Waals surface area (Å²) in [6, 6.07) is -0.470. The Balaban J connectivity index is 2.01. The fourth-order valence-corrected chi connectivity index (χ4v) is 1.53. The zero-order valence-corrected chi connectivity index (χ0v) is 6.67.